The van der Waals surface area contributed by atoms with E-state index in [0.717, 1.165) is 121 Å². The Balaban J connectivity index is 0.690. The fourth-order valence-electron chi connectivity index (χ4n) is 9.16. The Labute approximate surface area is 373 Å². The average molecular weight is 868 g/mol. The summed E-state index contributed by atoms with van der Waals surface area (Å²) in [6.45, 7) is 3.76. The first-order valence-corrected chi connectivity index (χ1v) is 22.6. The maximum Gasteiger partial charge on any atom is 0.264 e. The molecule has 8 rings (SSSR count). The first kappa shape index (κ1) is 43.9. The number of rotatable bonds is 19. The number of benzene rings is 3. The van der Waals surface area contributed by atoms with Crippen molar-refractivity contribution in [3.63, 3.8) is 0 Å². The summed E-state index contributed by atoms with van der Waals surface area (Å²) in [5.41, 5.74) is 7.34. The van der Waals surface area contributed by atoms with E-state index in [9.17, 15) is 24.0 Å². The number of piperidine rings is 1. The number of pyridine rings is 1. The lowest BCUT2D eigenvalue weighted by Gasteiger charge is -2.36. The molecule has 2 saturated heterocycles. The lowest BCUT2D eigenvalue weighted by molar-refractivity contribution is -0.136. The number of fused-ring (bicyclic) bond motifs is 2. The third kappa shape index (κ3) is 9.60. The van der Waals surface area contributed by atoms with Crippen molar-refractivity contribution in [2.75, 3.05) is 57.2 Å². The Morgan fingerprint density at radius 2 is 1.45 bits per heavy atom. The molecule has 64 heavy (non-hydrogen) atoms. The number of piperazine rings is 1. The number of ether oxygens (including phenoxy) is 2. The number of nitrogens with zero attached hydrogens (tertiary/aromatic N) is 4. The molecule has 3 aliphatic heterocycles. The number of hydrogen-bond acceptors (Lipinski definition) is 10. The van der Waals surface area contributed by atoms with Gasteiger partial charge in [0.15, 0.2) is 11.5 Å². The van der Waals surface area contributed by atoms with Gasteiger partial charge in [0.1, 0.15) is 11.7 Å². The molecule has 3 N–H and O–H groups in total. The second-order valence-electron chi connectivity index (χ2n) is 16.8. The third-order valence-corrected chi connectivity index (χ3v) is 12.8. The lowest BCUT2D eigenvalue weighted by Crippen LogP contribution is -2.54. The molecule has 0 aliphatic carbocycles. The number of nitrogens with one attached hydrogen (secondary N) is 3. The van der Waals surface area contributed by atoms with Gasteiger partial charge in [-0.1, -0.05) is 69.2 Å². The van der Waals surface area contributed by atoms with Gasteiger partial charge in [-0.2, -0.15) is 0 Å². The molecular weight excluding hydrogens is 811 g/mol. The number of hydrogen-bond donors (Lipinski definition) is 3. The van der Waals surface area contributed by atoms with E-state index in [2.05, 4.69) is 50.8 Å². The second-order valence-corrected chi connectivity index (χ2v) is 16.8. The standard InChI is InChI=1S/C50H57N7O7/c1-63-42-22-18-34(30-43(42)64-2)39-32-53-47-38(39)29-35(31-52-47)33-16-19-36(20-17-33)55-25-27-56(28-26-55)45(59)15-10-8-6-4-3-5-7-9-11-24-51-40-14-12-13-37-46(40)50(62)57(49(37)61)41-21-23-44(58)54-48(41)60/h12-14,16-20,22,29-32,41,51H,3-11,15,21,23-28H2,1-2H3,(H,52,53)(H,54,58,60). The zero-order valence-electron chi connectivity index (χ0n) is 36.8. The summed E-state index contributed by atoms with van der Waals surface area (Å²) < 4.78 is 11.0. The maximum atomic E-state index is 13.3. The first-order chi connectivity index (χ1) is 31.2. The van der Waals surface area contributed by atoms with Crippen molar-refractivity contribution in [1.29, 1.82) is 0 Å². The fourth-order valence-corrected chi connectivity index (χ4v) is 9.16. The van der Waals surface area contributed by atoms with Gasteiger partial charge in [0.05, 0.1) is 25.3 Å². The Morgan fingerprint density at radius 1 is 0.750 bits per heavy atom. The summed E-state index contributed by atoms with van der Waals surface area (Å²) in [5, 5.41) is 6.60. The molecule has 1 unspecified atom stereocenters. The Bertz CT molecular complexity index is 2510. The van der Waals surface area contributed by atoms with E-state index in [1.807, 2.05) is 35.5 Å². The van der Waals surface area contributed by atoms with Gasteiger partial charge in [0.25, 0.3) is 11.8 Å². The summed E-state index contributed by atoms with van der Waals surface area (Å²) in [5.74, 6) is -0.375. The summed E-state index contributed by atoms with van der Waals surface area (Å²) in [6, 6.07) is 20.9. The van der Waals surface area contributed by atoms with E-state index in [1.165, 1.54) is 6.42 Å². The third-order valence-electron chi connectivity index (χ3n) is 12.8. The van der Waals surface area contributed by atoms with Crippen LogP contribution in [0.2, 0.25) is 0 Å². The van der Waals surface area contributed by atoms with Crippen molar-refractivity contribution < 1.29 is 33.4 Å². The van der Waals surface area contributed by atoms with Crippen LogP contribution in [-0.4, -0.2) is 102 Å². The molecule has 3 aliphatic rings. The summed E-state index contributed by atoms with van der Waals surface area (Å²) in [7, 11) is 3.27. The predicted molar refractivity (Wildman–Crippen MR) is 247 cm³/mol. The highest BCUT2D eigenvalue weighted by molar-refractivity contribution is 6.25. The van der Waals surface area contributed by atoms with Crippen LogP contribution in [0.4, 0.5) is 11.4 Å². The van der Waals surface area contributed by atoms with Crippen LogP contribution < -0.4 is 25.0 Å². The summed E-state index contributed by atoms with van der Waals surface area (Å²) >= 11 is 0. The van der Waals surface area contributed by atoms with Gasteiger partial charge in [-0.25, -0.2) is 4.98 Å². The maximum absolute atomic E-state index is 13.3. The topological polar surface area (TPSA) is 166 Å². The van der Waals surface area contributed by atoms with Crippen LogP contribution in [0.5, 0.6) is 11.5 Å². The molecular formula is C50H57N7O7. The van der Waals surface area contributed by atoms with Crippen molar-refractivity contribution in [2.45, 2.75) is 83.1 Å². The number of unbranched alkanes of at least 4 members (excludes halogenated alkanes) is 8. The van der Waals surface area contributed by atoms with Crippen molar-refractivity contribution in [2.24, 2.45) is 0 Å². The molecule has 5 amide bonds. The van der Waals surface area contributed by atoms with Crippen molar-refractivity contribution in [1.82, 2.24) is 25.1 Å². The normalized spacial score (nSPS) is 16.3. The minimum absolute atomic E-state index is 0.0916. The van der Waals surface area contributed by atoms with Gasteiger partial charge in [-0.05, 0) is 72.9 Å². The van der Waals surface area contributed by atoms with Gasteiger partial charge >= 0.3 is 0 Å². The van der Waals surface area contributed by atoms with Crippen molar-refractivity contribution in [3.05, 3.63) is 90.3 Å². The molecule has 5 aromatic rings. The van der Waals surface area contributed by atoms with Gasteiger partial charge in [0, 0.05) is 85.8 Å². The molecule has 0 spiro atoms. The molecule has 0 radical (unpaired) electrons. The molecule has 5 heterocycles. The number of carbonyl (C=O) groups excluding carboxylic acids is 5. The fraction of sp³-hybridized carbons (Fsp3) is 0.400. The molecule has 334 valence electrons. The molecule has 1 atom stereocenters. The number of anilines is 2. The van der Waals surface area contributed by atoms with E-state index in [1.54, 1.807) is 32.4 Å². The Morgan fingerprint density at radius 3 is 2.17 bits per heavy atom. The second kappa shape index (κ2) is 20.2. The first-order valence-electron chi connectivity index (χ1n) is 22.6. The van der Waals surface area contributed by atoms with Crippen LogP contribution in [0, 0.1) is 0 Å². The highest BCUT2D eigenvalue weighted by Gasteiger charge is 2.45. The predicted octanol–water partition coefficient (Wildman–Crippen LogP) is 7.98. The van der Waals surface area contributed by atoms with Crippen LogP contribution in [0.15, 0.2) is 79.1 Å². The van der Waals surface area contributed by atoms with E-state index >= 15 is 0 Å². The van der Waals surface area contributed by atoms with E-state index in [4.69, 9.17) is 14.5 Å². The number of amides is 5. The number of aromatic nitrogens is 2. The van der Waals surface area contributed by atoms with Crippen LogP contribution in [0.1, 0.15) is 97.8 Å². The number of methoxy groups -OCH3 is 2. The molecule has 0 saturated carbocycles. The minimum atomic E-state index is -0.975. The number of carbonyl (C=O) groups is 5. The molecule has 14 nitrogen and oxygen atoms in total. The largest absolute Gasteiger partial charge is 0.493 e. The molecule has 3 aromatic carbocycles. The Kier molecular flexibility index (Phi) is 13.9. The van der Waals surface area contributed by atoms with Crippen LogP contribution >= 0.6 is 0 Å². The average Bonchev–Trinajstić information content (AvgIpc) is 3.86. The van der Waals surface area contributed by atoms with Crippen molar-refractivity contribution >= 4 is 51.9 Å². The molecule has 2 aromatic heterocycles. The lowest BCUT2D eigenvalue weighted by atomic mass is 10.0. The monoisotopic (exact) mass is 867 g/mol. The smallest absolute Gasteiger partial charge is 0.264 e. The van der Waals surface area contributed by atoms with Crippen molar-refractivity contribution in [3.8, 4) is 33.8 Å². The van der Waals surface area contributed by atoms with Gasteiger partial charge < -0.3 is 29.6 Å². The van der Waals surface area contributed by atoms with Crippen LogP contribution in [-0.2, 0) is 14.4 Å². The molecule has 2 fully saturated rings. The SMILES string of the molecule is COc1ccc(-c2c[nH]c3ncc(-c4ccc(N5CCN(C(=O)CCCCCCCCCCCNc6cccc7c6C(=O)N(C6CCC(=O)NC6=O)C7=O)CC5)cc4)cc23)cc1OC. The van der Waals surface area contributed by atoms with E-state index in [0.29, 0.717) is 35.7 Å². The zero-order valence-corrected chi connectivity index (χ0v) is 36.8. The minimum Gasteiger partial charge on any atom is -0.493 e. The van der Waals surface area contributed by atoms with Gasteiger partial charge in [-0.3, -0.25) is 34.2 Å². The number of imide groups is 2. The van der Waals surface area contributed by atoms with E-state index < -0.39 is 29.7 Å². The highest BCUT2D eigenvalue weighted by Crippen LogP contribution is 2.37. The van der Waals surface area contributed by atoms with Gasteiger partial charge in [0.2, 0.25) is 17.7 Å². The van der Waals surface area contributed by atoms with E-state index in [-0.39, 0.29) is 24.3 Å². The molecule has 14 heteroatoms. The van der Waals surface area contributed by atoms with Crippen LogP contribution in [0.25, 0.3) is 33.3 Å². The van der Waals surface area contributed by atoms with Gasteiger partial charge in [-0.15, -0.1) is 0 Å². The summed E-state index contributed by atoms with van der Waals surface area (Å²) in [6.07, 6.45) is 14.4. The number of H-pyrrole nitrogens is 1. The number of aromatic amines is 1. The molecule has 0 bridgehead atoms. The zero-order chi connectivity index (χ0) is 44.6. The summed E-state index contributed by atoms with van der Waals surface area (Å²) in [4.78, 5) is 76.8. The Hall–Kier alpha value is -6.70. The quantitative estimate of drug-likeness (QED) is 0.0547. The highest BCUT2D eigenvalue weighted by atomic mass is 16.5. The van der Waals surface area contributed by atoms with Crippen LogP contribution in [0.3, 0.4) is 0 Å².